The number of urea groups is 1. The minimum Gasteiger partial charge on any atom is -0.358 e. The maximum atomic E-state index is 14.0. The van der Waals surface area contributed by atoms with E-state index in [2.05, 4.69) is 33.6 Å². The van der Waals surface area contributed by atoms with E-state index in [9.17, 15) is 9.18 Å². The second-order valence-electron chi connectivity index (χ2n) is 7.96. The van der Waals surface area contributed by atoms with Crippen molar-refractivity contribution in [1.29, 1.82) is 0 Å². The van der Waals surface area contributed by atoms with Crippen LogP contribution in [0, 0.1) is 17.7 Å². The molecule has 3 aliphatic heterocycles. The van der Waals surface area contributed by atoms with E-state index in [-0.39, 0.29) is 17.9 Å². The number of aliphatic imine (C=N–C) groups is 1. The van der Waals surface area contributed by atoms with Gasteiger partial charge in [0.05, 0.1) is 6.54 Å². The van der Waals surface area contributed by atoms with Gasteiger partial charge in [0.2, 0.25) is 0 Å². The van der Waals surface area contributed by atoms with Gasteiger partial charge >= 0.3 is 6.03 Å². The molecule has 2 saturated heterocycles. The van der Waals surface area contributed by atoms with Crippen molar-refractivity contribution in [2.24, 2.45) is 4.99 Å². The summed E-state index contributed by atoms with van der Waals surface area (Å²) in [5.74, 6) is 6.67. The van der Waals surface area contributed by atoms with E-state index in [1.807, 2.05) is 13.0 Å². The molecule has 0 N–H and O–H groups in total. The molecule has 2 amide bonds. The van der Waals surface area contributed by atoms with Gasteiger partial charge < -0.3 is 4.90 Å². The summed E-state index contributed by atoms with van der Waals surface area (Å²) in [5, 5.41) is 0. The highest BCUT2D eigenvalue weighted by Crippen LogP contribution is 2.42. The van der Waals surface area contributed by atoms with Crippen LogP contribution in [0.4, 0.5) is 14.9 Å². The number of nitrogens with zero attached hydrogens (tertiary/aromatic N) is 4. The van der Waals surface area contributed by atoms with Gasteiger partial charge in [-0.05, 0) is 57.7 Å². The number of hydrogen-bond acceptors (Lipinski definition) is 3. The molecule has 1 aromatic carbocycles. The summed E-state index contributed by atoms with van der Waals surface area (Å²) < 4.78 is 14.0. The zero-order chi connectivity index (χ0) is 19.7. The number of carbonyl (C=O) groups excluding carboxylic acids is 1. The Morgan fingerprint density at radius 1 is 1.29 bits per heavy atom. The molecule has 3 aliphatic rings. The topological polar surface area (TPSA) is 39.1 Å². The first-order valence-electron chi connectivity index (χ1n) is 10.1. The number of amidine groups is 1. The molecule has 5 nitrogen and oxygen atoms in total. The number of anilines is 1. The first kappa shape index (κ1) is 18.9. The van der Waals surface area contributed by atoms with Crippen molar-refractivity contribution >= 4 is 17.6 Å². The van der Waals surface area contributed by atoms with Crippen LogP contribution in [-0.2, 0) is 0 Å². The number of benzene rings is 1. The molecule has 6 heteroatoms. The molecule has 1 spiro atoms. The highest BCUT2D eigenvalue weighted by Gasteiger charge is 2.55. The van der Waals surface area contributed by atoms with E-state index in [1.165, 1.54) is 12.1 Å². The Balaban J connectivity index is 1.72. The van der Waals surface area contributed by atoms with Crippen LogP contribution in [0.1, 0.15) is 39.5 Å². The van der Waals surface area contributed by atoms with Gasteiger partial charge in [0.1, 0.15) is 17.2 Å². The van der Waals surface area contributed by atoms with E-state index in [1.54, 1.807) is 11.0 Å². The summed E-state index contributed by atoms with van der Waals surface area (Å²) in [6.45, 7) is 7.48. The zero-order valence-electron chi connectivity index (χ0n) is 16.6. The van der Waals surface area contributed by atoms with Crippen LogP contribution in [0.25, 0.3) is 0 Å². The molecule has 2 fully saturated rings. The lowest BCUT2D eigenvalue weighted by atomic mass is 9.80. The average Bonchev–Trinajstić information content (AvgIpc) is 3.28. The predicted octanol–water partition coefficient (Wildman–Crippen LogP) is 3.51. The molecule has 3 heterocycles. The molecule has 4 rings (SSSR count). The molecule has 0 saturated carbocycles. The summed E-state index contributed by atoms with van der Waals surface area (Å²) >= 11 is 0. The number of amides is 2. The van der Waals surface area contributed by atoms with Crippen molar-refractivity contribution in [1.82, 2.24) is 9.80 Å². The first-order valence-corrected chi connectivity index (χ1v) is 10.1. The summed E-state index contributed by atoms with van der Waals surface area (Å²) in [6, 6.07) is 6.31. The Kier molecular flexibility index (Phi) is 5.11. The van der Waals surface area contributed by atoms with Gasteiger partial charge in [0.15, 0.2) is 0 Å². The van der Waals surface area contributed by atoms with Crippen LogP contribution in [0.3, 0.4) is 0 Å². The summed E-state index contributed by atoms with van der Waals surface area (Å²) in [5.41, 5.74) is 0.0852. The van der Waals surface area contributed by atoms with Crippen molar-refractivity contribution < 1.29 is 9.18 Å². The standard InChI is InChI=1S/C22H27FN4O/c1-3-4-11-25-14-10-22(16-17(25)2)20(26-12-5-6-13-26)24-21(28)27(22)19-9-7-8-18(23)15-19/h7-9,15,17H,5-6,10-14,16H2,1-2H3. The molecule has 0 bridgehead atoms. The van der Waals surface area contributed by atoms with E-state index in [0.717, 1.165) is 57.7 Å². The van der Waals surface area contributed by atoms with Crippen LogP contribution < -0.4 is 4.90 Å². The fraction of sp³-hybridized carbons (Fsp3) is 0.545. The van der Waals surface area contributed by atoms with Crippen LogP contribution in [0.5, 0.6) is 0 Å². The lowest BCUT2D eigenvalue weighted by molar-refractivity contribution is 0.142. The number of piperidine rings is 1. The maximum Gasteiger partial charge on any atom is 0.350 e. The minimum absolute atomic E-state index is 0.254. The van der Waals surface area contributed by atoms with Crippen molar-refractivity contribution in [3.8, 4) is 11.8 Å². The van der Waals surface area contributed by atoms with Gasteiger partial charge in [-0.15, -0.1) is 5.92 Å². The zero-order valence-corrected chi connectivity index (χ0v) is 16.6. The predicted molar refractivity (Wildman–Crippen MR) is 109 cm³/mol. The Bertz CT molecular complexity index is 852. The summed E-state index contributed by atoms with van der Waals surface area (Å²) in [6.07, 6.45) is 3.80. The molecule has 0 aromatic heterocycles. The van der Waals surface area contributed by atoms with E-state index < -0.39 is 5.54 Å². The quantitative estimate of drug-likeness (QED) is 0.735. The monoisotopic (exact) mass is 382 g/mol. The number of carbonyl (C=O) groups is 1. The van der Waals surface area contributed by atoms with Crippen LogP contribution in [0.2, 0.25) is 0 Å². The fourth-order valence-corrected chi connectivity index (χ4v) is 4.88. The smallest absolute Gasteiger partial charge is 0.350 e. The van der Waals surface area contributed by atoms with E-state index >= 15 is 0 Å². The normalized spacial score (nSPS) is 27.9. The third-order valence-electron chi connectivity index (χ3n) is 6.24. The van der Waals surface area contributed by atoms with Gasteiger partial charge in [-0.25, -0.2) is 9.18 Å². The second-order valence-corrected chi connectivity index (χ2v) is 7.96. The molecule has 28 heavy (non-hydrogen) atoms. The molecular weight excluding hydrogens is 355 g/mol. The van der Waals surface area contributed by atoms with Crippen LogP contribution >= 0.6 is 0 Å². The van der Waals surface area contributed by atoms with Crippen molar-refractivity contribution in [3.05, 3.63) is 30.1 Å². The van der Waals surface area contributed by atoms with Crippen molar-refractivity contribution in [2.75, 3.05) is 31.1 Å². The van der Waals surface area contributed by atoms with Crippen LogP contribution in [-0.4, -0.2) is 59.4 Å². The Hall–Kier alpha value is -2.39. The molecule has 0 aliphatic carbocycles. The maximum absolute atomic E-state index is 14.0. The van der Waals surface area contributed by atoms with Crippen molar-refractivity contribution in [2.45, 2.75) is 51.1 Å². The summed E-state index contributed by atoms with van der Waals surface area (Å²) in [4.78, 5) is 23.9. The Labute approximate surface area is 166 Å². The average molecular weight is 382 g/mol. The molecule has 0 radical (unpaired) electrons. The lowest BCUT2D eigenvalue weighted by Crippen LogP contribution is -2.63. The van der Waals surface area contributed by atoms with E-state index in [4.69, 9.17) is 0 Å². The molecule has 148 valence electrons. The van der Waals surface area contributed by atoms with Gasteiger partial charge in [0, 0.05) is 31.4 Å². The lowest BCUT2D eigenvalue weighted by Gasteiger charge is -2.49. The molecule has 2 atom stereocenters. The van der Waals surface area contributed by atoms with Gasteiger partial charge in [0.25, 0.3) is 0 Å². The number of rotatable bonds is 2. The number of halogens is 1. The molecule has 2 unspecified atom stereocenters. The SMILES string of the molecule is CC#CCN1CCC2(CC1C)C(N1CCCC1)=NC(=O)N2c1cccc(F)c1. The highest BCUT2D eigenvalue weighted by atomic mass is 19.1. The molecule has 1 aromatic rings. The van der Waals surface area contributed by atoms with Gasteiger partial charge in [-0.1, -0.05) is 12.0 Å². The molecular formula is C22H27FN4O. The number of likely N-dealkylation sites (tertiary alicyclic amines) is 2. The van der Waals surface area contributed by atoms with E-state index in [0.29, 0.717) is 5.69 Å². The fourth-order valence-electron chi connectivity index (χ4n) is 4.88. The highest BCUT2D eigenvalue weighted by molar-refractivity contribution is 6.16. The van der Waals surface area contributed by atoms with Crippen LogP contribution in [0.15, 0.2) is 29.3 Å². The first-order chi connectivity index (χ1) is 13.5. The third kappa shape index (κ3) is 3.18. The number of hydrogen-bond donors (Lipinski definition) is 0. The Morgan fingerprint density at radius 2 is 2.07 bits per heavy atom. The van der Waals surface area contributed by atoms with Crippen molar-refractivity contribution in [3.63, 3.8) is 0 Å². The second kappa shape index (κ2) is 7.56. The van der Waals surface area contributed by atoms with Gasteiger partial charge in [-0.3, -0.25) is 9.80 Å². The third-order valence-corrected chi connectivity index (χ3v) is 6.24. The summed E-state index contributed by atoms with van der Waals surface area (Å²) in [7, 11) is 0. The minimum atomic E-state index is -0.509. The van der Waals surface area contributed by atoms with Gasteiger partial charge in [-0.2, -0.15) is 4.99 Å². The largest absolute Gasteiger partial charge is 0.358 e. The Morgan fingerprint density at radius 3 is 2.75 bits per heavy atom.